The Labute approximate surface area is 203 Å². The number of hydrogen-bond acceptors (Lipinski definition) is 8. The molecule has 2 aromatic heterocycles. The molecule has 1 saturated carbocycles. The summed E-state index contributed by atoms with van der Waals surface area (Å²) in [4.78, 5) is 34.8. The van der Waals surface area contributed by atoms with Crippen LogP contribution in [0.5, 0.6) is 11.8 Å². The van der Waals surface area contributed by atoms with Crippen LogP contribution in [0.3, 0.4) is 0 Å². The number of ether oxygens (including phenoxy) is 2. The topological polar surface area (TPSA) is 128 Å². The fourth-order valence-corrected chi connectivity index (χ4v) is 4.29. The second-order valence-electron chi connectivity index (χ2n) is 8.75. The molecule has 4 rings (SSSR count). The molecule has 0 unspecified atom stereocenters. The Bertz CT molecular complexity index is 1180. The van der Waals surface area contributed by atoms with E-state index < -0.39 is 6.04 Å². The van der Waals surface area contributed by atoms with Crippen molar-refractivity contribution in [2.75, 3.05) is 14.2 Å². The van der Waals surface area contributed by atoms with Gasteiger partial charge in [0.25, 0.3) is 5.91 Å². The SMILES string of the molecule is COc1ccc(C(=O)N[C@H]2C[C@H](C(=O)NC(C)C)C[C@H]2c2nc(-c3ccccc3)no2)c(OC)n1. The van der Waals surface area contributed by atoms with Crippen molar-refractivity contribution in [1.29, 1.82) is 0 Å². The first-order chi connectivity index (χ1) is 16.9. The number of aromatic nitrogens is 3. The van der Waals surface area contributed by atoms with Gasteiger partial charge in [0.05, 0.1) is 20.1 Å². The van der Waals surface area contributed by atoms with Crippen LogP contribution in [-0.2, 0) is 4.79 Å². The molecule has 10 nitrogen and oxygen atoms in total. The van der Waals surface area contributed by atoms with Crippen molar-refractivity contribution in [1.82, 2.24) is 25.8 Å². The monoisotopic (exact) mass is 479 g/mol. The highest BCUT2D eigenvalue weighted by molar-refractivity contribution is 5.96. The van der Waals surface area contributed by atoms with Gasteiger partial charge in [-0.1, -0.05) is 35.5 Å². The summed E-state index contributed by atoms with van der Waals surface area (Å²) in [5, 5.41) is 10.1. The molecule has 0 radical (unpaired) electrons. The van der Waals surface area contributed by atoms with Crippen LogP contribution in [0.2, 0.25) is 0 Å². The average molecular weight is 480 g/mol. The Morgan fingerprint density at radius 1 is 1.03 bits per heavy atom. The largest absolute Gasteiger partial charge is 0.481 e. The molecule has 2 heterocycles. The predicted molar refractivity (Wildman–Crippen MR) is 127 cm³/mol. The van der Waals surface area contributed by atoms with Gasteiger partial charge in [0.15, 0.2) is 0 Å². The number of nitrogens with zero attached hydrogens (tertiary/aromatic N) is 3. The number of benzene rings is 1. The molecule has 1 fully saturated rings. The molecule has 1 aliphatic rings. The van der Waals surface area contributed by atoms with Crippen LogP contribution in [0.15, 0.2) is 47.0 Å². The van der Waals surface area contributed by atoms with E-state index in [-0.39, 0.29) is 41.1 Å². The summed E-state index contributed by atoms with van der Waals surface area (Å²) < 4.78 is 16.0. The lowest BCUT2D eigenvalue weighted by Crippen LogP contribution is -2.38. The van der Waals surface area contributed by atoms with Gasteiger partial charge in [-0.05, 0) is 32.8 Å². The van der Waals surface area contributed by atoms with Gasteiger partial charge < -0.3 is 24.6 Å². The Balaban J connectivity index is 1.59. The van der Waals surface area contributed by atoms with Crippen LogP contribution < -0.4 is 20.1 Å². The Hall–Kier alpha value is -3.95. The third kappa shape index (κ3) is 5.42. The molecular weight excluding hydrogens is 450 g/mol. The molecule has 10 heteroatoms. The second-order valence-corrected chi connectivity index (χ2v) is 8.75. The van der Waals surface area contributed by atoms with E-state index in [4.69, 9.17) is 14.0 Å². The van der Waals surface area contributed by atoms with Gasteiger partial charge in [0.2, 0.25) is 29.4 Å². The second kappa shape index (κ2) is 10.5. The lowest BCUT2D eigenvalue weighted by Gasteiger charge is -2.18. The van der Waals surface area contributed by atoms with Crippen LogP contribution >= 0.6 is 0 Å². The summed E-state index contributed by atoms with van der Waals surface area (Å²) in [6.07, 6.45) is 0.905. The van der Waals surface area contributed by atoms with Gasteiger partial charge in [-0.2, -0.15) is 9.97 Å². The van der Waals surface area contributed by atoms with Gasteiger partial charge in [0.1, 0.15) is 5.56 Å². The predicted octanol–water partition coefficient (Wildman–Crippen LogP) is 2.97. The van der Waals surface area contributed by atoms with E-state index in [0.29, 0.717) is 30.4 Å². The third-order valence-corrected chi connectivity index (χ3v) is 5.95. The molecule has 0 saturated heterocycles. The van der Waals surface area contributed by atoms with Gasteiger partial charge in [-0.3, -0.25) is 9.59 Å². The molecule has 0 bridgehead atoms. The molecule has 1 aromatic carbocycles. The molecule has 184 valence electrons. The van der Waals surface area contributed by atoms with Gasteiger partial charge in [-0.25, -0.2) is 0 Å². The highest BCUT2D eigenvalue weighted by atomic mass is 16.5. The van der Waals surface area contributed by atoms with E-state index in [1.165, 1.54) is 14.2 Å². The molecule has 3 aromatic rings. The summed E-state index contributed by atoms with van der Waals surface area (Å²) in [6.45, 7) is 3.83. The zero-order valence-electron chi connectivity index (χ0n) is 20.1. The summed E-state index contributed by atoms with van der Waals surface area (Å²) in [5.41, 5.74) is 1.09. The van der Waals surface area contributed by atoms with Crippen molar-refractivity contribution in [2.45, 2.75) is 44.7 Å². The quantitative estimate of drug-likeness (QED) is 0.505. The molecule has 35 heavy (non-hydrogen) atoms. The van der Waals surface area contributed by atoms with Crippen LogP contribution in [0.4, 0.5) is 0 Å². The van der Waals surface area contributed by atoms with Crippen molar-refractivity contribution in [2.24, 2.45) is 5.92 Å². The fourth-order valence-electron chi connectivity index (χ4n) is 4.29. The smallest absolute Gasteiger partial charge is 0.257 e. The van der Waals surface area contributed by atoms with E-state index in [9.17, 15) is 9.59 Å². The van der Waals surface area contributed by atoms with E-state index in [2.05, 4.69) is 25.8 Å². The number of hydrogen-bond donors (Lipinski definition) is 2. The van der Waals surface area contributed by atoms with Crippen molar-refractivity contribution >= 4 is 11.8 Å². The average Bonchev–Trinajstić information content (AvgIpc) is 3.51. The highest BCUT2D eigenvalue weighted by Gasteiger charge is 2.42. The van der Waals surface area contributed by atoms with Crippen LogP contribution in [0.25, 0.3) is 11.4 Å². The standard InChI is InChI=1S/C25H29N5O5/c1-14(2)26-22(31)16-12-18(25-29-21(30-35-25)15-8-6-5-7-9-15)19(13-16)27-23(32)17-10-11-20(33-3)28-24(17)34-4/h5-11,14,16,18-19H,12-13H2,1-4H3,(H,26,31)(H,27,32)/t16-,18-,19+/m1/s1. The number of rotatable bonds is 8. The van der Waals surface area contributed by atoms with Gasteiger partial charge >= 0.3 is 0 Å². The summed E-state index contributed by atoms with van der Waals surface area (Å²) in [7, 11) is 2.92. The number of carbonyl (C=O) groups excluding carboxylic acids is 2. The number of amides is 2. The lowest BCUT2D eigenvalue weighted by atomic mass is 10.0. The van der Waals surface area contributed by atoms with E-state index in [0.717, 1.165) is 5.56 Å². The zero-order chi connectivity index (χ0) is 24.9. The minimum Gasteiger partial charge on any atom is -0.481 e. The van der Waals surface area contributed by atoms with Gasteiger partial charge in [-0.15, -0.1) is 0 Å². The molecule has 0 spiro atoms. The lowest BCUT2D eigenvalue weighted by molar-refractivity contribution is -0.125. The minimum absolute atomic E-state index is 0.0114. The van der Waals surface area contributed by atoms with Crippen molar-refractivity contribution in [3.05, 3.63) is 53.9 Å². The van der Waals surface area contributed by atoms with Gasteiger partial charge in [0, 0.05) is 29.6 Å². The molecule has 1 aliphatic carbocycles. The minimum atomic E-state index is -0.402. The highest BCUT2D eigenvalue weighted by Crippen LogP contribution is 2.39. The number of carbonyl (C=O) groups is 2. The summed E-state index contributed by atoms with van der Waals surface area (Å²) in [6, 6.07) is 12.3. The van der Waals surface area contributed by atoms with Crippen molar-refractivity contribution in [3.8, 4) is 23.1 Å². The van der Waals surface area contributed by atoms with Crippen LogP contribution in [-0.4, -0.2) is 53.2 Å². The summed E-state index contributed by atoms with van der Waals surface area (Å²) >= 11 is 0. The van der Waals surface area contributed by atoms with Crippen LogP contribution in [0, 0.1) is 5.92 Å². The summed E-state index contributed by atoms with van der Waals surface area (Å²) in [5.74, 6) is 0.250. The van der Waals surface area contributed by atoms with E-state index in [1.807, 2.05) is 44.2 Å². The van der Waals surface area contributed by atoms with Crippen molar-refractivity contribution < 1.29 is 23.6 Å². The molecule has 2 N–H and O–H groups in total. The normalized spacial score (nSPS) is 19.4. The first-order valence-corrected chi connectivity index (χ1v) is 11.5. The number of pyridine rings is 1. The van der Waals surface area contributed by atoms with E-state index in [1.54, 1.807) is 12.1 Å². The first kappa shape index (κ1) is 24.2. The maximum atomic E-state index is 13.2. The maximum absolute atomic E-state index is 13.2. The fraction of sp³-hybridized carbons (Fsp3) is 0.400. The Morgan fingerprint density at radius 2 is 1.80 bits per heavy atom. The Kier molecular flexibility index (Phi) is 7.28. The molecule has 2 amide bonds. The van der Waals surface area contributed by atoms with Crippen molar-refractivity contribution in [3.63, 3.8) is 0 Å². The molecule has 3 atom stereocenters. The number of nitrogens with one attached hydrogen (secondary N) is 2. The molecule has 0 aliphatic heterocycles. The Morgan fingerprint density at radius 3 is 2.49 bits per heavy atom. The number of methoxy groups -OCH3 is 2. The van der Waals surface area contributed by atoms with Crippen LogP contribution in [0.1, 0.15) is 48.9 Å². The van der Waals surface area contributed by atoms with E-state index >= 15 is 0 Å². The zero-order valence-corrected chi connectivity index (χ0v) is 20.1. The molecular formula is C25H29N5O5. The maximum Gasteiger partial charge on any atom is 0.257 e. The third-order valence-electron chi connectivity index (χ3n) is 5.95. The first-order valence-electron chi connectivity index (χ1n) is 11.5.